The van der Waals surface area contributed by atoms with Crippen molar-refractivity contribution in [2.75, 3.05) is 17.2 Å². The van der Waals surface area contributed by atoms with Gasteiger partial charge in [0, 0.05) is 16.3 Å². The maximum atomic E-state index is 11.7. The second-order valence-corrected chi connectivity index (χ2v) is 4.84. The van der Waals surface area contributed by atoms with Crippen molar-refractivity contribution < 1.29 is 4.79 Å². The number of thiocyanates is 1. The first-order chi connectivity index (χ1) is 9.78. The summed E-state index contributed by atoms with van der Waals surface area (Å²) in [6, 6.07) is 16.7. The largest absolute Gasteiger partial charge is 0.376 e. The molecule has 0 unspecified atom stereocenters. The van der Waals surface area contributed by atoms with Gasteiger partial charge in [0.2, 0.25) is 5.91 Å². The average molecular weight is 283 g/mol. The zero-order valence-corrected chi connectivity index (χ0v) is 11.5. The van der Waals surface area contributed by atoms with E-state index >= 15 is 0 Å². The van der Waals surface area contributed by atoms with E-state index < -0.39 is 0 Å². The number of carbonyl (C=O) groups is 1. The van der Waals surface area contributed by atoms with Gasteiger partial charge in [-0.2, -0.15) is 5.26 Å². The predicted molar refractivity (Wildman–Crippen MR) is 81.5 cm³/mol. The number of hydrogen-bond donors (Lipinski definition) is 2. The number of nitrogens with zero attached hydrogens (tertiary/aromatic N) is 1. The molecule has 0 atom stereocenters. The van der Waals surface area contributed by atoms with Crippen LogP contribution < -0.4 is 10.6 Å². The van der Waals surface area contributed by atoms with Crippen LogP contribution in [0.3, 0.4) is 0 Å². The summed E-state index contributed by atoms with van der Waals surface area (Å²) >= 11 is 1.11. The third kappa shape index (κ3) is 4.34. The molecule has 20 heavy (non-hydrogen) atoms. The molecule has 5 heteroatoms. The van der Waals surface area contributed by atoms with Crippen molar-refractivity contribution in [1.82, 2.24) is 0 Å². The molecular weight excluding hydrogens is 270 g/mol. The maximum Gasteiger partial charge on any atom is 0.243 e. The molecule has 0 saturated heterocycles. The van der Waals surface area contributed by atoms with E-state index in [4.69, 9.17) is 5.26 Å². The van der Waals surface area contributed by atoms with Crippen molar-refractivity contribution in [3.63, 3.8) is 0 Å². The number of hydrogen-bond acceptors (Lipinski definition) is 4. The first-order valence-corrected chi connectivity index (χ1v) is 6.84. The molecule has 0 aliphatic heterocycles. The Labute approximate surface area is 121 Å². The third-order valence-corrected chi connectivity index (χ3v) is 3.13. The van der Waals surface area contributed by atoms with E-state index in [-0.39, 0.29) is 12.5 Å². The van der Waals surface area contributed by atoms with E-state index in [1.54, 1.807) is 0 Å². The molecule has 0 fully saturated rings. The minimum absolute atomic E-state index is 0.105. The molecule has 2 aromatic carbocycles. The van der Waals surface area contributed by atoms with Gasteiger partial charge in [0.1, 0.15) is 5.40 Å². The number of rotatable bonds is 5. The highest BCUT2D eigenvalue weighted by atomic mass is 32.2. The molecule has 0 radical (unpaired) electrons. The molecule has 0 saturated carbocycles. The average Bonchev–Trinajstić information content (AvgIpc) is 2.48. The van der Waals surface area contributed by atoms with Gasteiger partial charge in [-0.05, 0) is 48.2 Å². The van der Waals surface area contributed by atoms with Gasteiger partial charge in [-0.15, -0.1) is 0 Å². The van der Waals surface area contributed by atoms with Crippen molar-refractivity contribution in [3.05, 3.63) is 54.6 Å². The number of anilines is 2. The first-order valence-electron chi connectivity index (χ1n) is 6.03. The standard InChI is InChI=1S/C15H13N3OS/c16-11-20-14-8-6-12(7-9-14)17-10-15(19)18-13-4-2-1-3-5-13/h1-9,17H,10H2,(H,18,19). The van der Waals surface area contributed by atoms with Crippen LogP contribution in [0, 0.1) is 10.7 Å². The van der Waals surface area contributed by atoms with Gasteiger partial charge in [0.25, 0.3) is 0 Å². The third-order valence-electron chi connectivity index (χ3n) is 2.53. The highest BCUT2D eigenvalue weighted by Gasteiger charge is 2.02. The number of amides is 1. The van der Waals surface area contributed by atoms with Crippen molar-refractivity contribution in [1.29, 1.82) is 5.26 Å². The fourth-order valence-corrected chi connectivity index (χ4v) is 1.98. The van der Waals surface area contributed by atoms with E-state index in [1.807, 2.05) is 60.0 Å². The van der Waals surface area contributed by atoms with Gasteiger partial charge < -0.3 is 10.6 Å². The van der Waals surface area contributed by atoms with Crippen LogP contribution in [0.25, 0.3) is 0 Å². The van der Waals surface area contributed by atoms with Crippen LogP contribution >= 0.6 is 11.8 Å². The molecule has 0 aliphatic carbocycles. The number of benzene rings is 2. The summed E-state index contributed by atoms with van der Waals surface area (Å²) in [5.74, 6) is -0.105. The quantitative estimate of drug-likeness (QED) is 0.652. The van der Waals surface area contributed by atoms with Crippen LogP contribution in [0.5, 0.6) is 0 Å². The maximum absolute atomic E-state index is 11.7. The zero-order valence-electron chi connectivity index (χ0n) is 10.7. The Bertz CT molecular complexity index is 605. The van der Waals surface area contributed by atoms with Crippen molar-refractivity contribution in [3.8, 4) is 5.40 Å². The number of para-hydroxylation sites is 1. The van der Waals surface area contributed by atoms with Crippen LogP contribution in [-0.2, 0) is 4.79 Å². The Morgan fingerprint density at radius 2 is 1.75 bits per heavy atom. The number of nitrogens with one attached hydrogen (secondary N) is 2. The lowest BCUT2D eigenvalue weighted by Gasteiger charge is -2.08. The van der Waals surface area contributed by atoms with Crippen LogP contribution in [0.4, 0.5) is 11.4 Å². The Hall–Kier alpha value is -2.45. The summed E-state index contributed by atoms with van der Waals surface area (Å²) in [4.78, 5) is 12.6. The lowest BCUT2D eigenvalue weighted by Crippen LogP contribution is -2.21. The molecule has 0 aromatic heterocycles. The first kappa shape index (κ1) is 14.0. The topological polar surface area (TPSA) is 64.9 Å². The van der Waals surface area contributed by atoms with Gasteiger partial charge in [-0.25, -0.2) is 0 Å². The van der Waals surface area contributed by atoms with Gasteiger partial charge in [0.05, 0.1) is 6.54 Å². The van der Waals surface area contributed by atoms with Crippen LogP contribution in [0.1, 0.15) is 0 Å². The fraction of sp³-hybridized carbons (Fsp3) is 0.0667. The van der Waals surface area contributed by atoms with Crippen LogP contribution in [0.15, 0.2) is 59.5 Å². The summed E-state index contributed by atoms with van der Waals surface area (Å²) in [6.45, 7) is 0.194. The fourth-order valence-electron chi connectivity index (χ4n) is 1.60. The lowest BCUT2D eigenvalue weighted by molar-refractivity contribution is -0.114. The monoisotopic (exact) mass is 283 g/mol. The zero-order chi connectivity index (χ0) is 14.2. The predicted octanol–water partition coefficient (Wildman–Crippen LogP) is 3.31. The smallest absolute Gasteiger partial charge is 0.243 e. The van der Waals surface area contributed by atoms with Gasteiger partial charge in [-0.1, -0.05) is 18.2 Å². The molecule has 2 N–H and O–H groups in total. The van der Waals surface area contributed by atoms with E-state index in [9.17, 15) is 4.79 Å². The summed E-state index contributed by atoms with van der Waals surface area (Å²) in [6.07, 6.45) is 0. The molecule has 0 aliphatic rings. The van der Waals surface area contributed by atoms with Crippen LogP contribution in [-0.4, -0.2) is 12.5 Å². The lowest BCUT2D eigenvalue weighted by atomic mass is 10.3. The number of carbonyl (C=O) groups excluding carboxylic acids is 1. The van der Waals surface area contributed by atoms with E-state index in [1.165, 1.54) is 0 Å². The van der Waals surface area contributed by atoms with Gasteiger partial charge in [-0.3, -0.25) is 4.79 Å². The van der Waals surface area contributed by atoms with Crippen LogP contribution in [0.2, 0.25) is 0 Å². The summed E-state index contributed by atoms with van der Waals surface area (Å²) in [5, 5.41) is 16.4. The SMILES string of the molecule is N#CSc1ccc(NCC(=O)Nc2ccccc2)cc1. The molecule has 4 nitrogen and oxygen atoms in total. The Kier molecular flexibility index (Phi) is 5.04. The molecule has 2 rings (SSSR count). The van der Waals surface area contributed by atoms with Crippen molar-refractivity contribution in [2.24, 2.45) is 0 Å². The van der Waals surface area contributed by atoms with Crippen molar-refractivity contribution >= 4 is 29.0 Å². The minimum atomic E-state index is -0.105. The number of nitriles is 1. The van der Waals surface area contributed by atoms with Gasteiger partial charge >= 0.3 is 0 Å². The highest BCUT2D eigenvalue weighted by Crippen LogP contribution is 2.18. The number of thioether (sulfide) groups is 1. The molecule has 1 amide bonds. The highest BCUT2D eigenvalue weighted by molar-refractivity contribution is 8.03. The molecular formula is C15H13N3OS. The Morgan fingerprint density at radius 3 is 2.40 bits per heavy atom. The molecule has 0 spiro atoms. The summed E-state index contributed by atoms with van der Waals surface area (Å²) < 4.78 is 0. The molecule has 0 bridgehead atoms. The second kappa shape index (κ2) is 7.22. The Balaban J connectivity index is 1.83. The van der Waals surface area contributed by atoms with Crippen molar-refractivity contribution in [2.45, 2.75) is 4.90 Å². The second-order valence-electron chi connectivity index (χ2n) is 3.99. The molecule has 100 valence electrons. The normalized spacial score (nSPS) is 9.55. The minimum Gasteiger partial charge on any atom is -0.376 e. The van der Waals surface area contributed by atoms with E-state index in [0.717, 1.165) is 28.0 Å². The molecule has 0 heterocycles. The van der Waals surface area contributed by atoms with E-state index in [0.29, 0.717) is 0 Å². The van der Waals surface area contributed by atoms with E-state index in [2.05, 4.69) is 10.6 Å². The summed E-state index contributed by atoms with van der Waals surface area (Å²) in [7, 11) is 0. The molecule has 2 aromatic rings. The van der Waals surface area contributed by atoms with Gasteiger partial charge in [0.15, 0.2) is 0 Å². The summed E-state index contributed by atoms with van der Waals surface area (Å²) in [5.41, 5.74) is 1.62. The Morgan fingerprint density at radius 1 is 1.05 bits per heavy atom.